The molecule has 0 unspecified atom stereocenters. The highest BCUT2D eigenvalue weighted by Gasteiger charge is 2.13. The highest BCUT2D eigenvalue weighted by molar-refractivity contribution is 5.96. The number of nitrogens with zero attached hydrogens (tertiary/aromatic N) is 1. The van der Waals surface area contributed by atoms with Gasteiger partial charge in [0.25, 0.3) is 0 Å². The Morgan fingerprint density at radius 1 is 1.18 bits per heavy atom. The van der Waals surface area contributed by atoms with E-state index in [9.17, 15) is 9.90 Å². The molecule has 1 heterocycles. The van der Waals surface area contributed by atoms with E-state index in [-0.39, 0.29) is 12.2 Å². The Balaban J connectivity index is 2.64. The Morgan fingerprint density at radius 2 is 1.94 bits per heavy atom. The van der Waals surface area contributed by atoms with Crippen molar-refractivity contribution in [1.29, 1.82) is 0 Å². The van der Waals surface area contributed by atoms with Crippen LogP contribution in [-0.2, 0) is 6.61 Å². The van der Waals surface area contributed by atoms with Gasteiger partial charge < -0.3 is 10.2 Å². The van der Waals surface area contributed by atoms with Crippen LogP contribution in [0.5, 0.6) is 0 Å². The van der Waals surface area contributed by atoms with Crippen LogP contribution in [0.15, 0.2) is 42.7 Å². The lowest BCUT2D eigenvalue weighted by Gasteiger charge is -2.09. The van der Waals surface area contributed by atoms with E-state index in [0.29, 0.717) is 11.1 Å². The molecule has 0 amide bonds. The summed E-state index contributed by atoms with van der Waals surface area (Å²) in [6.07, 6.45) is 2.85. The molecule has 0 spiro atoms. The third kappa shape index (κ3) is 2.16. The second-order valence-electron chi connectivity index (χ2n) is 3.54. The van der Waals surface area contributed by atoms with E-state index < -0.39 is 5.97 Å². The zero-order valence-corrected chi connectivity index (χ0v) is 9.00. The largest absolute Gasteiger partial charge is 0.478 e. The van der Waals surface area contributed by atoms with Crippen LogP contribution in [0.2, 0.25) is 0 Å². The first-order chi connectivity index (χ1) is 8.24. The summed E-state index contributed by atoms with van der Waals surface area (Å²) in [6, 6.07) is 8.80. The molecule has 4 heteroatoms. The molecule has 1 aromatic carbocycles. The fraction of sp³-hybridized carbons (Fsp3) is 0.0769. The van der Waals surface area contributed by atoms with Gasteiger partial charge in [-0.2, -0.15) is 0 Å². The summed E-state index contributed by atoms with van der Waals surface area (Å²) < 4.78 is 0. The van der Waals surface area contributed by atoms with Gasteiger partial charge in [0.2, 0.25) is 0 Å². The molecule has 4 nitrogen and oxygen atoms in total. The molecule has 0 bridgehead atoms. The number of benzene rings is 1. The first-order valence-electron chi connectivity index (χ1n) is 5.10. The number of pyridine rings is 1. The van der Waals surface area contributed by atoms with Gasteiger partial charge in [-0.25, -0.2) is 4.79 Å². The van der Waals surface area contributed by atoms with Crippen molar-refractivity contribution < 1.29 is 15.0 Å². The van der Waals surface area contributed by atoms with Crippen molar-refractivity contribution in [3.8, 4) is 11.1 Å². The smallest absolute Gasteiger partial charge is 0.337 e. The summed E-state index contributed by atoms with van der Waals surface area (Å²) in [5.41, 5.74) is 2.11. The molecule has 86 valence electrons. The molecule has 0 aliphatic rings. The van der Waals surface area contributed by atoms with Crippen LogP contribution in [0, 0.1) is 0 Å². The van der Waals surface area contributed by atoms with Crippen molar-refractivity contribution in [2.75, 3.05) is 0 Å². The first kappa shape index (κ1) is 11.3. The number of hydrogen-bond donors (Lipinski definition) is 2. The van der Waals surface area contributed by atoms with Gasteiger partial charge in [-0.3, -0.25) is 4.98 Å². The highest BCUT2D eigenvalue weighted by atomic mass is 16.4. The van der Waals surface area contributed by atoms with Crippen LogP contribution in [0.3, 0.4) is 0 Å². The maximum Gasteiger partial charge on any atom is 0.337 e. The SMILES string of the molecule is O=C(O)c1cnccc1-c1ccccc1CO. The number of hydrogen-bond acceptors (Lipinski definition) is 3. The molecule has 2 N–H and O–H groups in total. The minimum atomic E-state index is -1.03. The second-order valence-corrected chi connectivity index (χ2v) is 3.54. The molecule has 1 aromatic heterocycles. The molecule has 0 atom stereocenters. The summed E-state index contributed by atoms with van der Waals surface area (Å²) >= 11 is 0. The van der Waals surface area contributed by atoms with Crippen molar-refractivity contribution in [3.63, 3.8) is 0 Å². The fourth-order valence-corrected chi connectivity index (χ4v) is 1.72. The van der Waals surface area contributed by atoms with Gasteiger partial charge in [-0.05, 0) is 22.8 Å². The normalized spacial score (nSPS) is 10.2. The van der Waals surface area contributed by atoms with E-state index in [1.807, 2.05) is 0 Å². The molecule has 0 radical (unpaired) electrons. The van der Waals surface area contributed by atoms with Gasteiger partial charge in [-0.15, -0.1) is 0 Å². The van der Waals surface area contributed by atoms with Crippen LogP contribution < -0.4 is 0 Å². The summed E-state index contributed by atoms with van der Waals surface area (Å²) in [5, 5.41) is 18.3. The van der Waals surface area contributed by atoms with Crippen molar-refractivity contribution in [1.82, 2.24) is 4.98 Å². The van der Waals surface area contributed by atoms with E-state index in [0.717, 1.165) is 5.56 Å². The van der Waals surface area contributed by atoms with Gasteiger partial charge in [-0.1, -0.05) is 24.3 Å². The Labute approximate surface area is 98.2 Å². The van der Waals surface area contributed by atoms with Gasteiger partial charge in [0.15, 0.2) is 0 Å². The number of carbonyl (C=O) groups is 1. The average Bonchev–Trinajstić information content (AvgIpc) is 2.38. The van der Waals surface area contributed by atoms with E-state index in [1.54, 1.807) is 30.3 Å². The van der Waals surface area contributed by atoms with E-state index >= 15 is 0 Å². The lowest BCUT2D eigenvalue weighted by Crippen LogP contribution is -2.01. The van der Waals surface area contributed by atoms with Gasteiger partial charge in [0.1, 0.15) is 0 Å². The summed E-state index contributed by atoms with van der Waals surface area (Å²) in [4.78, 5) is 14.9. The van der Waals surface area contributed by atoms with E-state index in [1.165, 1.54) is 12.4 Å². The Bertz CT molecular complexity index is 552. The summed E-state index contributed by atoms with van der Waals surface area (Å²) in [7, 11) is 0. The predicted molar refractivity (Wildman–Crippen MR) is 62.6 cm³/mol. The van der Waals surface area contributed by atoms with Gasteiger partial charge in [0.05, 0.1) is 12.2 Å². The molecular formula is C13H11NO3. The van der Waals surface area contributed by atoms with Crippen molar-refractivity contribution in [2.24, 2.45) is 0 Å². The van der Waals surface area contributed by atoms with Crippen LogP contribution >= 0.6 is 0 Å². The maximum absolute atomic E-state index is 11.1. The highest BCUT2D eigenvalue weighted by Crippen LogP contribution is 2.26. The molecule has 0 saturated heterocycles. The monoisotopic (exact) mass is 229 g/mol. The lowest BCUT2D eigenvalue weighted by atomic mass is 9.97. The molecule has 0 aliphatic carbocycles. The lowest BCUT2D eigenvalue weighted by molar-refractivity contribution is 0.0697. The number of carboxylic acid groups (broad SMARTS) is 1. The Hall–Kier alpha value is -2.20. The Morgan fingerprint density at radius 3 is 2.65 bits per heavy atom. The fourth-order valence-electron chi connectivity index (χ4n) is 1.72. The number of aliphatic hydroxyl groups is 1. The maximum atomic E-state index is 11.1. The third-order valence-electron chi connectivity index (χ3n) is 2.53. The first-order valence-corrected chi connectivity index (χ1v) is 5.10. The number of carboxylic acids is 1. The predicted octanol–water partition coefficient (Wildman–Crippen LogP) is 1.94. The quantitative estimate of drug-likeness (QED) is 0.843. The number of rotatable bonds is 3. The van der Waals surface area contributed by atoms with Crippen LogP contribution in [-0.4, -0.2) is 21.2 Å². The summed E-state index contributed by atoms with van der Waals surface area (Å²) in [6.45, 7) is -0.127. The van der Waals surface area contributed by atoms with E-state index in [4.69, 9.17) is 5.11 Å². The topological polar surface area (TPSA) is 70.4 Å². The second kappa shape index (κ2) is 4.76. The average molecular weight is 229 g/mol. The molecule has 2 aromatic rings. The zero-order chi connectivity index (χ0) is 12.3. The standard InChI is InChI=1S/C13H11NO3/c15-8-9-3-1-2-4-10(9)11-5-6-14-7-12(11)13(16)17/h1-7,15H,8H2,(H,16,17). The molecule has 0 aliphatic heterocycles. The number of aromatic nitrogens is 1. The molecule has 0 fully saturated rings. The van der Waals surface area contributed by atoms with Crippen molar-refractivity contribution in [2.45, 2.75) is 6.61 Å². The van der Waals surface area contributed by atoms with E-state index in [2.05, 4.69) is 4.98 Å². The Kier molecular flexibility index (Phi) is 3.16. The van der Waals surface area contributed by atoms with Gasteiger partial charge in [0, 0.05) is 12.4 Å². The van der Waals surface area contributed by atoms with Crippen molar-refractivity contribution >= 4 is 5.97 Å². The number of aromatic carboxylic acids is 1. The summed E-state index contributed by atoms with van der Waals surface area (Å²) in [5.74, 6) is -1.03. The minimum absolute atomic E-state index is 0.127. The van der Waals surface area contributed by atoms with Crippen LogP contribution in [0.1, 0.15) is 15.9 Å². The molecule has 2 rings (SSSR count). The molecule has 0 saturated carbocycles. The van der Waals surface area contributed by atoms with Crippen LogP contribution in [0.25, 0.3) is 11.1 Å². The van der Waals surface area contributed by atoms with Crippen molar-refractivity contribution in [3.05, 3.63) is 53.9 Å². The zero-order valence-electron chi connectivity index (χ0n) is 9.00. The number of aliphatic hydroxyl groups excluding tert-OH is 1. The van der Waals surface area contributed by atoms with Crippen LogP contribution in [0.4, 0.5) is 0 Å². The third-order valence-corrected chi connectivity index (χ3v) is 2.53. The molecule has 17 heavy (non-hydrogen) atoms. The minimum Gasteiger partial charge on any atom is -0.478 e. The molecular weight excluding hydrogens is 218 g/mol. The van der Waals surface area contributed by atoms with Gasteiger partial charge >= 0.3 is 5.97 Å².